The van der Waals surface area contributed by atoms with Gasteiger partial charge < -0.3 is 5.11 Å². The number of thioether (sulfide) groups is 1. The third-order valence-electron chi connectivity index (χ3n) is 2.29. The Morgan fingerprint density at radius 2 is 2.06 bits per heavy atom. The van der Waals surface area contributed by atoms with Crippen LogP contribution in [0, 0.1) is 11.2 Å². The van der Waals surface area contributed by atoms with Gasteiger partial charge in [-0.2, -0.15) is 0 Å². The van der Waals surface area contributed by atoms with Crippen LogP contribution in [0.3, 0.4) is 0 Å². The van der Waals surface area contributed by atoms with Crippen LogP contribution in [-0.2, 0) is 0 Å². The highest BCUT2D eigenvalue weighted by molar-refractivity contribution is 7.99. The van der Waals surface area contributed by atoms with E-state index in [2.05, 4.69) is 20.8 Å². The minimum Gasteiger partial charge on any atom is -0.478 e. The molecule has 0 saturated heterocycles. The average molecular weight is 256 g/mol. The summed E-state index contributed by atoms with van der Waals surface area (Å²) in [5.74, 6) is -1.01. The minimum absolute atomic E-state index is 0.253. The van der Waals surface area contributed by atoms with E-state index in [9.17, 15) is 9.18 Å². The minimum atomic E-state index is -1.22. The van der Waals surface area contributed by atoms with Crippen LogP contribution in [0.1, 0.15) is 37.6 Å². The van der Waals surface area contributed by atoms with Gasteiger partial charge in [0.05, 0.1) is 5.56 Å². The van der Waals surface area contributed by atoms with Crippen molar-refractivity contribution in [3.63, 3.8) is 0 Å². The highest BCUT2D eigenvalue weighted by Crippen LogP contribution is 2.27. The summed E-state index contributed by atoms with van der Waals surface area (Å²) in [5, 5.41) is 8.80. The Morgan fingerprint density at radius 1 is 1.41 bits per heavy atom. The fourth-order valence-electron chi connectivity index (χ4n) is 1.23. The van der Waals surface area contributed by atoms with Crippen molar-refractivity contribution < 1.29 is 14.3 Å². The van der Waals surface area contributed by atoms with Gasteiger partial charge in [-0.05, 0) is 35.8 Å². The van der Waals surface area contributed by atoms with E-state index in [4.69, 9.17) is 5.11 Å². The molecular weight excluding hydrogens is 239 g/mol. The second kappa shape index (κ2) is 5.54. The van der Waals surface area contributed by atoms with Crippen molar-refractivity contribution in [1.82, 2.24) is 0 Å². The van der Waals surface area contributed by atoms with Crippen molar-refractivity contribution in [3.05, 3.63) is 29.6 Å². The first-order valence-corrected chi connectivity index (χ1v) is 6.44. The highest BCUT2D eigenvalue weighted by Gasteiger charge is 2.12. The van der Waals surface area contributed by atoms with Crippen molar-refractivity contribution in [3.8, 4) is 0 Å². The second-order valence-electron chi connectivity index (χ2n) is 5.11. The van der Waals surface area contributed by atoms with E-state index < -0.39 is 11.8 Å². The van der Waals surface area contributed by atoms with E-state index in [0.29, 0.717) is 0 Å². The van der Waals surface area contributed by atoms with Gasteiger partial charge in [0.25, 0.3) is 0 Å². The van der Waals surface area contributed by atoms with E-state index >= 15 is 0 Å². The predicted octanol–water partition coefficient (Wildman–Crippen LogP) is 4.05. The SMILES string of the molecule is CC(C)(C)CCSc1ccc(F)c(C(=O)O)c1. The Hall–Kier alpha value is -1.03. The zero-order valence-corrected chi connectivity index (χ0v) is 11.1. The van der Waals surface area contributed by atoms with Crippen molar-refractivity contribution >= 4 is 17.7 Å². The lowest BCUT2D eigenvalue weighted by molar-refractivity contribution is 0.0691. The van der Waals surface area contributed by atoms with Crippen LogP contribution < -0.4 is 0 Å². The van der Waals surface area contributed by atoms with Gasteiger partial charge in [-0.3, -0.25) is 0 Å². The van der Waals surface area contributed by atoms with Gasteiger partial charge in [0.1, 0.15) is 5.82 Å². The second-order valence-corrected chi connectivity index (χ2v) is 6.27. The lowest BCUT2D eigenvalue weighted by Gasteiger charge is -2.17. The number of carboxylic acid groups (broad SMARTS) is 1. The maximum Gasteiger partial charge on any atom is 0.338 e. The highest BCUT2D eigenvalue weighted by atomic mass is 32.2. The molecule has 0 aliphatic heterocycles. The molecule has 0 aliphatic rings. The van der Waals surface area contributed by atoms with Crippen LogP contribution in [0.2, 0.25) is 0 Å². The maximum absolute atomic E-state index is 13.1. The summed E-state index contributed by atoms with van der Waals surface area (Å²) in [6, 6.07) is 4.23. The predicted molar refractivity (Wildman–Crippen MR) is 68.2 cm³/mol. The molecule has 0 unspecified atom stereocenters. The fourth-order valence-corrected chi connectivity index (χ4v) is 2.55. The third-order valence-corrected chi connectivity index (χ3v) is 3.28. The maximum atomic E-state index is 13.1. The first-order valence-electron chi connectivity index (χ1n) is 5.45. The topological polar surface area (TPSA) is 37.3 Å². The Morgan fingerprint density at radius 3 is 2.59 bits per heavy atom. The summed E-state index contributed by atoms with van der Waals surface area (Å²) in [6.45, 7) is 6.46. The van der Waals surface area contributed by atoms with Gasteiger partial charge in [0.15, 0.2) is 0 Å². The van der Waals surface area contributed by atoms with Crippen LogP contribution in [0.15, 0.2) is 23.1 Å². The number of aromatic carboxylic acids is 1. The molecule has 1 aromatic carbocycles. The van der Waals surface area contributed by atoms with E-state index in [0.717, 1.165) is 17.1 Å². The average Bonchev–Trinajstić information content (AvgIpc) is 2.18. The van der Waals surface area contributed by atoms with E-state index in [1.807, 2.05) is 0 Å². The Bertz CT molecular complexity index is 410. The number of benzene rings is 1. The molecule has 0 bridgehead atoms. The first kappa shape index (κ1) is 14.0. The Labute approximate surface area is 105 Å². The summed E-state index contributed by atoms with van der Waals surface area (Å²) in [5.41, 5.74) is -0.00592. The number of hydrogen-bond acceptors (Lipinski definition) is 2. The molecule has 0 atom stereocenters. The van der Waals surface area contributed by atoms with Gasteiger partial charge in [-0.15, -0.1) is 11.8 Å². The lowest BCUT2D eigenvalue weighted by atomic mass is 9.94. The molecule has 0 heterocycles. The van der Waals surface area contributed by atoms with Crippen molar-refractivity contribution in [1.29, 1.82) is 0 Å². The molecule has 4 heteroatoms. The van der Waals surface area contributed by atoms with Gasteiger partial charge in [0, 0.05) is 4.90 Å². The number of halogens is 1. The molecule has 1 rings (SSSR count). The van der Waals surface area contributed by atoms with Crippen LogP contribution in [-0.4, -0.2) is 16.8 Å². The standard InChI is InChI=1S/C13H17FO2S/c1-13(2,3)6-7-17-9-4-5-11(14)10(8-9)12(15)16/h4-5,8H,6-7H2,1-3H3,(H,15,16). The van der Waals surface area contributed by atoms with Gasteiger partial charge in [-0.25, -0.2) is 9.18 Å². The van der Waals surface area contributed by atoms with E-state index in [1.165, 1.54) is 12.1 Å². The zero-order chi connectivity index (χ0) is 13.1. The summed E-state index contributed by atoms with van der Waals surface area (Å²) < 4.78 is 13.1. The molecule has 1 N–H and O–H groups in total. The lowest BCUT2D eigenvalue weighted by Crippen LogP contribution is -2.06. The molecular formula is C13H17FO2S. The summed E-state index contributed by atoms with van der Waals surface area (Å²) in [6.07, 6.45) is 1.03. The molecule has 1 aromatic rings. The summed E-state index contributed by atoms with van der Waals surface area (Å²) >= 11 is 1.56. The van der Waals surface area contributed by atoms with Crippen LogP contribution in [0.4, 0.5) is 4.39 Å². The number of hydrogen-bond donors (Lipinski definition) is 1. The third kappa shape index (κ3) is 4.77. The normalized spacial score (nSPS) is 11.5. The number of carbonyl (C=O) groups is 1. The molecule has 0 aromatic heterocycles. The van der Waals surface area contributed by atoms with Gasteiger partial charge >= 0.3 is 5.97 Å². The molecule has 0 amide bonds. The quantitative estimate of drug-likeness (QED) is 0.826. The van der Waals surface area contributed by atoms with Gasteiger partial charge in [0.2, 0.25) is 0 Å². The number of carboxylic acids is 1. The zero-order valence-electron chi connectivity index (χ0n) is 10.3. The fraction of sp³-hybridized carbons (Fsp3) is 0.462. The van der Waals surface area contributed by atoms with E-state index in [-0.39, 0.29) is 11.0 Å². The van der Waals surface area contributed by atoms with Crippen molar-refractivity contribution in [2.75, 3.05) is 5.75 Å². The Balaban J connectivity index is 2.67. The molecule has 0 aliphatic carbocycles. The van der Waals surface area contributed by atoms with Crippen LogP contribution in [0.25, 0.3) is 0 Å². The molecule has 0 fully saturated rings. The molecule has 94 valence electrons. The van der Waals surface area contributed by atoms with Crippen LogP contribution >= 0.6 is 11.8 Å². The van der Waals surface area contributed by atoms with Crippen molar-refractivity contribution in [2.24, 2.45) is 5.41 Å². The van der Waals surface area contributed by atoms with E-state index in [1.54, 1.807) is 17.8 Å². The Kier molecular flexibility index (Phi) is 4.57. The van der Waals surface area contributed by atoms with Gasteiger partial charge in [-0.1, -0.05) is 20.8 Å². The summed E-state index contributed by atoms with van der Waals surface area (Å²) in [4.78, 5) is 11.6. The number of rotatable bonds is 4. The molecule has 0 spiro atoms. The first-order chi connectivity index (χ1) is 7.79. The van der Waals surface area contributed by atoms with Crippen molar-refractivity contribution in [2.45, 2.75) is 32.1 Å². The molecule has 2 nitrogen and oxygen atoms in total. The molecule has 0 saturated carbocycles. The smallest absolute Gasteiger partial charge is 0.338 e. The monoisotopic (exact) mass is 256 g/mol. The summed E-state index contributed by atoms with van der Waals surface area (Å²) in [7, 11) is 0. The largest absolute Gasteiger partial charge is 0.478 e. The van der Waals surface area contributed by atoms with Crippen LogP contribution in [0.5, 0.6) is 0 Å². The molecule has 0 radical (unpaired) electrons. The molecule has 17 heavy (non-hydrogen) atoms.